The molecule has 0 aromatic heterocycles. The Hall–Kier alpha value is -3.48. The summed E-state index contributed by atoms with van der Waals surface area (Å²) in [6.07, 6.45) is 2.94. The monoisotopic (exact) mass is 397 g/mol. The minimum absolute atomic E-state index is 0.385. The Kier molecular flexibility index (Phi) is 8.09. The Labute approximate surface area is 171 Å². The molecule has 0 bridgehead atoms. The Morgan fingerprint density at radius 2 is 1.59 bits per heavy atom. The van der Waals surface area contributed by atoms with Gasteiger partial charge >= 0.3 is 0 Å². The molecule has 2 amide bonds. The lowest BCUT2D eigenvalue weighted by Crippen LogP contribution is -2.40. The predicted molar refractivity (Wildman–Crippen MR) is 114 cm³/mol. The lowest BCUT2D eigenvalue weighted by molar-refractivity contribution is -0.117. The molecule has 0 aliphatic carbocycles. The van der Waals surface area contributed by atoms with Crippen LogP contribution in [0.4, 0.5) is 5.69 Å². The van der Waals surface area contributed by atoms with E-state index in [0.717, 1.165) is 24.3 Å². The van der Waals surface area contributed by atoms with E-state index in [2.05, 4.69) is 29.6 Å². The van der Waals surface area contributed by atoms with Gasteiger partial charge in [0.1, 0.15) is 0 Å². The summed E-state index contributed by atoms with van der Waals surface area (Å²) < 4.78 is 10.4. The molecule has 7 nitrogen and oxygen atoms in total. The Balaban J connectivity index is 1.91. The highest BCUT2D eigenvalue weighted by molar-refractivity contribution is 5.98. The van der Waals surface area contributed by atoms with Gasteiger partial charge in [0, 0.05) is 30.4 Å². The molecular weight excluding hydrogens is 370 g/mol. The van der Waals surface area contributed by atoms with Crippen molar-refractivity contribution in [2.24, 2.45) is 0 Å². The topological polar surface area (TPSA) is 79.9 Å². The molecule has 0 saturated carbocycles. The molecule has 0 fully saturated rings. The zero-order valence-electron chi connectivity index (χ0n) is 17.2. The van der Waals surface area contributed by atoms with Gasteiger partial charge in [0.25, 0.3) is 11.8 Å². The third-order valence-electron chi connectivity index (χ3n) is 4.39. The van der Waals surface area contributed by atoms with E-state index in [1.54, 1.807) is 50.6 Å². The van der Waals surface area contributed by atoms with Crippen molar-refractivity contribution in [1.29, 1.82) is 0 Å². The quantitative estimate of drug-likeness (QED) is 0.529. The first-order chi connectivity index (χ1) is 14.0. The molecule has 0 spiro atoms. The van der Waals surface area contributed by atoms with Crippen molar-refractivity contribution in [3.63, 3.8) is 0 Å². The lowest BCUT2D eigenvalue weighted by Gasteiger charge is -2.21. The van der Waals surface area contributed by atoms with Crippen molar-refractivity contribution in [2.75, 3.05) is 32.2 Å². The molecule has 0 atom stereocenters. The van der Waals surface area contributed by atoms with Gasteiger partial charge in [-0.15, -0.1) is 0 Å². The van der Waals surface area contributed by atoms with Crippen LogP contribution in [0.1, 0.15) is 29.8 Å². The van der Waals surface area contributed by atoms with E-state index >= 15 is 0 Å². The van der Waals surface area contributed by atoms with E-state index < -0.39 is 5.91 Å². The Bertz CT molecular complexity index is 859. The Morgan fingerprint density at radius 3 is 2.17 bits per heavy atom. The van der Waals surface area contributed by atoms with Crippen LogP contribution in [-0.4, -0.2) is 39.1 Å². The summed E-state index contributed by atoms with van der Waals surface area (Å²) >= 11 is 0. The summed E-state index contributed by atoms with van der Waals surface area (Å²) in [4.78, 5) is 26.4. The third kappa shape index (κ3) is 6.00. The minimum atomic E-state index is -0.451. The van der Waals surface area contributed by atoms with Crippen molar-refractivity contribution in [3.05, 3.63) is 59.7 Å². The Morgan fingerprint density at radius 1 is 0.931 bits per heavy atom. The second kappa shape index (κ2) is 10.8. The number of rotatable bonds is 8. The molecule has 0 unspecified atom stereocenters. The van der Waals surface area contributed by atoms with Crippen LogP contribution in [0.15, 0.2) is 48.5 Å². The van der Waals surface area contributed by atoms with Crippen LogP contribution in [0.5, 0.6) is 11.5 Å². The second-order valence-corrected chi connectivity index (χ2v) is 6.11. The standard InChI is InChI=1S/C22H27N3O4/c1-5-25(6-2)18-11-9-17(10-12-18)22(27)24-23-21(26)14-8-16-7-13-19(28-3)20(15-16)29-4/h7-15H,5-6H2,1-4H3,(H,23,26)(H,24,27). The van der Waals surface area contributed by atoms with E-state index in [9.17, 15) is 9.59 Å². The summed E-state index contributed by atoms with van der Waals surface area (Å²) in [5.74, 6) is 0.335. The molecule has 0 aliphatic heterocycles. The number of anilines is 1. The third-order valence-corrected chi connectivity index (χ3v) is 4.39. The maximum Gasteiger partial charge on any atom is 0.269 e. The number of methoxy groups -OCH3 is 2. The zero-order valence-corrected chi connectivity index (χ0v) is 17.2. The normalized spacial score (nSPS) is 10.5. The van der Waals surface area contributed by atoms with Crippen molar-refractivity contribution in [1.82, 2.24) is 10.9 Å². The van der Waals surface area contributed by atoms with Gasteiger partial charge in [0.05, 0.1) is 14.2 Å². The number of benzene rings is 2. The van der Waals surface area contributed by atoms with E-state index in [0.29, 0.717) is 17.1 Å². The van der Waals surface area contributed by atoms with Gasteiger partial charge < -0.3 is 14.4 Å². The highest BCUT2D eigenvalue weighted by atomic mass is 16.5. The first kappa shape index (κ1) is 21.8. The number of carbonyl (C=O) groups excluding carboxylic acids is 2. The molecule has 2 N–H and O–H groups in total. The molecule has 0 saturated heterocycles. The number of nitrogens with zero attached hydrogens (tertiary/aromatic N) is 1. The summed E-state index contributed by atoms with van der Waals surface area (Å²) in [5, 5.41) is 0. The lowest BCUT2D eigenvalue weighted by atomic mass is 10.2. The number of ether oxygens (including phenoxy) is 2. The minimum Gasteiger partial charge on any atom is -0.493 e. The van der Waals surface area contributed by atoms with Crippen LogP contribution in [0.3, 0.4) is 0 Å². The number of nitrogens with one attached hydrogen (secondary N) is 2. The van der Waals surface area contributed by atoms with Crippen molar-refractivity contribution < 1.29 is 19.1 Å². The number of carbonyl (C=O) groups is 2. The smallest absolute Gasteiger partial charge is 0.269 e. The molecule has 0 radical (unpaired) electrons. The molecule has 0 aliphatic rings. The SMILES string of the molecule is CCN(CC)c1ccc(C(=O)NNC(=O)C=Cc2ccc(OC)c(OC)c2)cc1. The van der Waals surface area contributed by atoms with Crippen LogP contribution in [0, 0.1) is 0 Å². The summed E-state index contributed by atoms with van der Waals surface area (Å²) in [6, 6.07) is 12.5. The molecule has 2 aromatic carbocycles. The van der Waals surface area contributed by atoms with Crippen LogP contribution in [-0.2, 0) is 4.79 Å². The van der Waals surface area contributed by atoms with Gasteiger partial charge in [0.2, 0.25) is 0 Å². The molecule has 154 valence electrons. The molecule has 7 heteroatoms. The highest BCUT2D eigenvalue weighted by Gasteiger charge is 2.08. The number of amides is 2. The fraction of sp³-hybridized carbons (Fsp3) is 0.273. The van der Waals surface area contributed by atoms with Gasteiger partial charge in [-0.3, -0.25) is 20.4 Å². The number of hydrogen-bond donors (Lipinski definition) is 2. The van der Waals surface area contributed by atoms with Crippen LogP contribution in [0.25, 0.3) is 6.08 Å². The van der Waals surface area contributed by atoms with Gasteiger partial charge in [0.15, 0.2) is 11.5 Å². The number of hydrazine groups is 1. The maximum absolute atomic E-state index is 12.2. The molecule has 0 heterocycles. The van der Waals surface area contributed by atoms with Crippen LogP contribution >= 0.6 is 0 Å². The van der Waals surface area contributed by atoms with E-state index in [-0.39, 0.29) is 5.91 Å². The van der Waals surface area contributed by atoms with Crippen molar-refractivity contribution in [2.45, 2.75) is 13.8 Å². The van der Waals surface area contributed by atoms with E-state index in [4.69, 9.17) is 9.47 Å². The largest absolute Gasteiger partial charge is 0.493 e. The fourth-order valence-electron chi connectivity index (χ4n) is 2.77. The van der Waals surface area contributed by atoms with Gasteiger partial charge in [-0.25, -0.2) is 0 Å². The van der Waals surface area contributed by atoms with Crippen LogP contribution in [0.2, 0.25) is 0 Å². The van der Waals surface area contributed by atoms with E-state index in [1.807, 2.05) is 12.1 Å². The predicted octanol–water partition coefficient (Wildman–Crippen LogP) is 3.02. The molecule has 29 heavy (non-hydrogen) atoms. The second-order valence-electron chi connectivity index (χ2n) is 6.11. The maximum atomic E-state index is 12.2. The van der Waals surface area contributed by atoms with Gasteiger partial charge in [-0.1, -0.05) is 6.07 Å². The summed E-state index contributed by atoms with van der Waals surface area (Å²) in [6.45, 7) is 5.94. The molecular formula is C22H27N3O4. The molecule has 2 aromatic rings. The van der Waals surface area contributed by atoms with Crippen molar-refractivity contribution >= 4 is 23.6 Å². The first-order valence-corrected chi connectivity index (χ1v) is 9.37. The van der Waals surface area contributed by atoms with Crippen molar-refractivity contribution in [3.8, 4) is 11.5 Å². The highest BCUT2D eigenvalue weighted by Crippen LogP contribution is 2.27. The average Bonchev–Trinajstić information content (AvgIpc) is 2.77. The summed E-state index contributed by atoms with van der Waals surface area (Å²) in [5.41, 5.74) is 7.05. The fourth-order valence-corrected chi connectivity index (χ4v) is 2.77. The summed E-state index contributed by atoms with van der Waals surface area (Å²) in [7, 11) is 3.10. The number of hydrogen-bond acceptors (Lipinski definition) is 5. The zero-order chi connectivity index (χ0) is 21.2. The first-order valence-electron chi connectivity index (χ1n) is 9.37. The average molecular weight is 397 g/mol. The van der Waals surface area contributed by atoms with Crippen LogP contribution < -0.4 is 25.2 Å². The van der Waals surface area contributed by atoms with Gasteiger partial charge in [-0.05, 0) is 61.9 Å². The van der Waals surface area contributed by atoms with Gasteiger partial charge in [-0.2, -0.15) is 0 Å². The molecule has 2 rings (SSSR count). The van der Waals surface area contributed by atoms with E-state index in [1.165, 1.54) is 6.08 Å².